The van der Waals surface area contributed by atoms with Crippen molar-refractivity contribution in [1.29, 1.82) is 5.26 Å². The van der Waals surface area contributed by atoms with Gasteiger partial charge in [0.2, 0.25) is 0 Å². The summed E-state index contributed by atoms with van der Waals surface area (Å²) in [6.45, 7) is 20.4. The molecule has 2 amide bonds. The summed E-state index contributed by atoms with van der Waals surface area (Å²) in [6.07, 6.45) is 0.645. The number of likely N-dealkylation sites (tertiary alicyclic amines) is 1. The van der Waals surface area contributed by atoms with E-state index in [1.807, 2.05) is 49.9 Å². The molecule has 3 fully saturated rings. The fraction of sp³-hybridized carbons (Fsp3) is 0.583. The first-order chi connectivity index (χ1) is 21.6. The van der Waals surface area contributed by atoms with E-state index in [-0.39, 0.29) is 35.0 Å². The summed E-state index contributed by atoms with van der Waals surface area (Å²) < 4.78 is 11.9. The molecule has 0 aromatic heterocycles. The normalized spacial score (nSPS) is 24.1. The zero-order chi connectivity index (χ0) is 33.4. The maximum Gasteiger partial charge on any atom is 0.410 e. The van der Waals surface area contributed by atoms with Gasteiger partial charge in [-0.1, -0.05) is 39.3 Å². The number of nitriles is 1. The molecule has 3 aliphatic rings. The Balaban J connectivity index is 1.10. The molecule has 1 saturated carbocycles. The standard InChI is InChI=1S/C36H48ClN5O4/c1-34(2,3)46-33(44)42-15-14-24(23-42)22-40-16-18-41(19-17-40)27-11-8-25(9-12-27)30(43)39-31-35(4,5)32(36(31,6)7)45-28-13-10-26(21-38)29(37)20-28/h8-13,20,24,31-32H,14-19,22-23H2,1-7H3,(H,39,43)/t24-,31?,32?/m1/s1. The lowest BCUT2D eigenvalue weighted by Gasteiger charge is -2.63. The SMILES string of the molecule is CC(C)(C)OC(=O)N1CC[C@H](CN2CCN(c3ccc(C(=O)NC4C(C)(C)C(Oc5ccc(C#N)c(Cl)c5)C4(C)C)cc3)CC2)C1. The molecule has 1 atom stereocenters. The minimum atomic E-state index is -0.471. The van der Waals surface area contributed by atoms with Gasteiger partial charge >= 0.3 is 6.09 Å². The fourth-order valence-corrected chi connectivity index (χ4v) is 7.87. The van der Waals surface area contributed by atoms with Crippen LogP contribution in [0.4, 0.5) is 10.5 Å². The smallest absolute Gasteiger partial charge is 0.410 e. The molecule has 2 aromatic carbocycles. The number of ether oxygens (including phenoxy) is 2. The van der Waals surface area contributed by atoms with Crippen molar-refractivity contribution in [3.63, 3.8) is 0 Å². The van der Waals surface area contributed by atoms with Gasteiger partial charge in [0.15, 0.2) is 0 Å². The molecule has 0 bridgehead atoms. The van der Waals surface area contributed by atoms with Crippen LogP contribution in [0.2, 0.25) is 5.02 Å². The van der Waals surface area contributed by atoms with Crippen molar-refractivity contribution in [2.45, 2.75) is 72.6 Å². The highest BCUT2D eigenvalue weighted by molar-refractivity contribution is 6.31. The molecule has 2 heterocycles. The van der Waals surface area contributed by atoms with E-state index in [1.54, 1.807) is 18.2 Å². The molecular weight excluding hydrogens is 602 g/mol. The molecule has 1 aliphatic carbocycles. The summed E-state index contributed by atoms with van der Waals surface area (Å²) >= 11 is 6.23. The minimum absolute atomic E-state index is 0.0978. The van der Waals surface area contributed by atoms with E-state index in [2.05, 4.69) is 48.9 Å². The number of carbonyl (C=O) groups is 2. The van der Waals surface area contributed by atoms with Crippen molar-refractivity contribution in [1.82, 2.24) is 15.1 Å². The molecule has 10 heteroatoms. The Bertz CT molecular complexity index is 1450. The second-order valence-electron chi connectivity index (χ2n) is 15.2. The lowest BCUT2D eigenvalue weighted by molar-refractivity contribution is -0.164. The highest BCUT2D eigenvalue weighted by Gasteiger charge is 2.64. The maximum atomic E-state index is 13.4. The van der Waals surface area contributed by atoms with Crippen LogP contribution < -0.4 is 15.0 Å². The van der Waals surface area contributed by atoms with Crippen LogP contribution in [0.3, 0.4) is 0 Å². The number of nitrogens with zero attached hydrogens (tertiary/aromatic N) is 4. The third kappa shape index (κ3) is 7.24. The second-order valence-corrected chi connectivity index (χ2v) is 15.6. The molecule has 0 unspecified atom stereocenters. The molecule has 0 spiro atoms. The molecular formula is C36H48ClN5O4. The van der Waals surface area contributed by atoms with E-state index in [1.165, 1.54) is 0 Å². The van der Waals surface area contributed by atoms with Crippen LogP contribution in [0.25, 0.3) is 0 Å². The number of amides is 2. The maximum absolute atomic E-state index is 13.4. The summed E-state index contributed by atoms with van der Waals surface area (Å²) in [5.74, 6) is 0.984. The van der Waals surface area contributed by atoms with Crippen molar-refractivity contribution < 1.29 is 19.1 Å². The zero-order valence-electron chi connectivity index (χ0n) is 28.2. The van der Waals surface area contributed by atoms with E-state index in [9.17, 15) is 14.9 Å². The van der Waals surface area contributed by atoms with Crippen LogP contribution in [0.5, 0.6) is 5.75 Å². The van der Waals surface area contributed by atoms with Gasteiger partial charge in [0, 0.05) is 80.0 Å². The topological polar surface area (TPSA) is 98.1 Å². The second kappa shape index (κ2) is 13.0. The molecule has 9 nitrogen and oxygen atoms in total. The summed E-state index contributed by atoms with van der Waals surface area (Å²) in [7, 11) is 0. The highest BCUT2D eigenvalue weighted by atomic mass is 35.5. The number of halogens is 1. The van der Waals surface area contributed by atoms with E-state index < -0.39 is 5.60 Å². The summed E-state index contributed by atoms with van der Waals surface area (Å²) in [5.41, 5.74) is 1.03. The monoisotopic (exact) mass is 649 g/mol. The molecule has 248 valence electrons. The Hall–Kier alpha value is -3.48. The Morgan fingerprint density at radius 2 is 1.65 bits per heavy atom. The molecule has 2 aliphatic heterocycles. The summed E-state index contributed by atoms with van der Waals surface area (Å²) in [4.78, 5) is 32.5. The molecule has 46 heavy (non-hydrogen) atoms. The average molecular weight is 650 g/mol. The Kier molecular flexibility index (Phi) is 9.54. The van der Waals surface area contributed by atoms with E-state index in [0.29, 0.717) is 27.8 Å². The number of anilines is 1. The van der Waals surface area contributed by atoms with Gasteiger partial charge < -0.3 is 24.6 Å². The molecule has 0 radical (unpaired) electrons. The largest absolute Gasteiger partial charge is 0.489 e. The number of carbonyl (C=O) groups excluding carboxylic acids is 2. The van der Waals surface area contributed by atoms with Crippen molar-refractivity contribution in [3.05, 3.63) is 58.6 Å². The van der Waals surface area contributed by atoms with Crippen LogP contribution >= 0.6 is 11.6 Å². The number of piperazine rings is 1. The molecule has 2 aromatic rings. The van der Waals surface area contributed by atoms with Gasteiger partial charge in [0.1, 0.15) is 23.5 Å². The van der Waals surface area contributed by atoms with Gasteiger partial charge in [0.05, 0.1) is 10.6 Å². The number of benzene rings is 2. The number of hydrogen-bond donors (Lipinski definition) is 1. The van der Waals surface area contributed by atoms with E-state index in [4.69, 9.17) is 21.1 Å². The molecule has 1 N–H and O–H groups in total. The van der Waals surface area contributed by atoms with Crippen LogP contribution in [0.1, 0.15) is 70.8 Å². The van der Waals surface area contributed by atoms with Crippen LogP contribution in [0, 0.1) is 28.1 Å². The molecule has 5 rings (SSSR count). The predicted octanol–water partition coefficient (Wildman–Crippen LogP) is 6.20. The lowest BCUT2D eigenvalue weighted by atomic mass is 9.49. The lowest BCUT2D eigenvalue weighted by Crippen LogP contribution is -2.74. The van der Waals surface area contributed by atoms with Crippen molar-refractivity contribution in [2.75, 3.05) is 50.7 Å². The van der Waals surface area contributed by atoms with Crippen molar-refractivity contribution >= 4 is 29.3 Å². The van der Waals surface area contributed by atoms with Gasteiger partial charge in [-0.25, -0.2) is 4.79 Å². The summed E-state index contributed by atoms with van der Waals surface area (Å²) in [5, 5.41) is 12.8. The fourth-order valence-electron chi connectivity index (χ4n) is 7.66. The van der Waals surface area contributed by atoms with Gasteiger partial charge in [-0.2, -0.15) is 5.26 Å². The van der Waals surface area contributed by atoms with Crippen molar-refractivity contribution in [2.24, 2.45) is 16.7 Å². The van der Waals surface area contributed by atoms with Crippen LogP contribution in [-0.4, -0.2) is 85.4 Å². The van der Waals surface area contributed by atoms with Crippen LogP contribution in [0.15, 0.2) is 42.5 Å². The van der Waals surface area contributed by atoms with Gasteiger partial charge in [-0.3, -0.25) is 9.69 Å². The first-order valence-corrected chi connectivity index (χ1v) is 16.7. The quantitative estimate of drug-likeness (QED) is 0.381. The zero-order valence-corrected chi connectivity index (χ0v) is 29.0. The Morgan fingerprint density at radius 1 is 1.00 bits per heavy atom. The molecule has 2 saturated heterocycles. The number of nitrogens with one attached hydrogen (secondary N) is 1. The van der Waals surface area contributed by atoms with E-state index in [0.717, 1.165) is 57.9 Å². The average Bonchev–Trinajstić information content (AvgIpc) is 3.47. The summed E-state index contributed by atoms with van der Waals surface area (Å²) in [6, 6.07) is 15.0. The number of hydrogen-bond acceptors (Lipinski definition) is 7. The third-order valence-corrected chi connectivity index (χ3v) is 10.1. The minimum Gasteiger partial charge on any atom is -0.489 e. The number of rotatable bonds is 7. The highest BCUT2D eigenvalue weighted by Crippen LogP contribution is 2.55. The van der Waals surface area contributed by atoms with Gasteiger partial charge in [-0.15, -0.1) is 0 Å². The van der Waals surface area contributed by atoms with E-state index >= 15 is 0 Å². The third-order valence-electron chi connectivity index (χ3n) is 9.75. The van der Waals surface area contributed by atoms with Crippen molar-refractivity contribution in [3.8, 4) is 11.8 Å². The van der Waals surface area contributed by atoms with Crippen LogP contribution in [-0.2, 0) is 4.74 Å². The first kappa shape index (κ1) is 33.9. The first-order valence-electron chi connectivity index (χ1n) is 16.3. The van der Waals surface area contributed by atoms with Gasteiger partial charge in [-0.05, 0) is 69.5 Å². The van der Waals surface area contributed by atoms with Gasteiger partial charge in [0.25, 0.3) is 5.91 Å². The Labute approximate surface area is 278 Å². The Morgan fingerprint density at radius 3 is 2.24 bits per heavy atom. The predicted molar refractivity (Wildman–Crippen MR) is 180 cm³/mol.